The second kappa shape index (κ2) is 8.08. The number of hydrogen-bond donors (Lipinski definition) is 1. The molecule has 0 radical (unpaired) electrons. The van der Waals surface area contributed by atoms with E-state index in [0.717, 1.165) is 29.0 Å². The van der Waals surface area contributed by atoms with Crippen LogP contribution >= 0.6 is 0 Å². The van der Waals surface area contributed by atoms with Crippen molar-refractivity contribution < 1.29 is 19.0 Å². The lowest BCUT2D eigenvalue weighted by atomic mass is 10.1. The van der Waals surface area contributed by atoms with Crippen LogP contribution in [0.4, 0.5) is 0 Å². The van der Waals surface area contributed by atoms with Crippen molar-refractivity contribution in [3.05, 3.63) is 47.2 Å². The van der Waals surface area contributed by atoms with Crippen molar-refractivity contribution >= 4 is 5.91 Å². The number of carbonyl (C=O) groups excluding carboxylic acids is 1. The first kappa shape index (κ1) is 18.0. The predicted octanol–water partition coefficient (Wildman–Crippen LogP) is 3.13. The summed E-state index contributed by atoms with van der Waals surface area (Å²) in [5.74, 6) is 1.74. The van der Waals surface area contributed by atoms with E-state index >= 15 is 0 Å². The molecule has 6 heteroatoms. The molecule has 1 aliphatic heterocycles. The van der Waals surface area contributed by atoms with Gasteiger partial charge in [-0.05, 0) is 45.0 Å². The Labute approximate surface area is 153 Å². The molecule has 1 amide bonds. The number of ether oxygens (including phenoxy) is 3. The van der Waals surface area contributed by atoms with Crippen LogP contribution in [0.5, 0.6) is 17.4 Å². The highest BCUT2D eigenvalue weighted by atomic mass is 16.5. The summed E-state index contributed by atoms with van der Waals surface area (Å²) in [6, 6.07) is 7.38. The zero-order valence-corrected chi connectivity index (χ0v) is 15.4. The molecule has 0 fully saturated rings. The summed E-state index contributed by atoms with van der Waals surface area (Å²) in [6.07, 6.45) is 2.64. The van der Waals surface area contributed by atoms with Gasteiger partial charge in [0.05, 0.1) is 13.2 Å². The van der Waals surface area contributed by atoms with E-state index in [-0.39, 0.29) is 12.0 Å². The number of nitrogens with zero attached hydrogens (tertiary/aromatic N) is 1. The topological polar surface area (TPSA) is 69.7 Å². The summed E-state index contributed by atoms with van der Waals surface area (Å²) in [6.45, 7) is 7.19. The first-order chi connectivity index (χ1) is 12.6. The highest BCUT2D eigenvalue weighted by Gasteiger charge is 2.22. The molecule has 1 aliphatic rings. The van der Waals surface area contributed by atoms with Gasteiger partial charge < -0.3 is 19.5 Å². The molecule has 1 atom stereocenters. The average molecular weight is 356 g/mol. The molecule has 1 aromatic heterocycles. The van der Waals surface area contributed by atoms with Gasteiger partial charge in [0, 0.05) is 30.3 Å². The molecule has 0 unspecified atom stereocenters. The molecule has 6 nitrogen and oxygen atoms in total. The molecule has 1 aromatic carbocycles. The van der Waals surface area contributed by atoms with Gasteiger partial charge in [-0.3, -0.25) is 4.79 Å². The van der Waals surface area contributed by atoms with Gasteiger partial charge in [0.2, 0.25) is 5.88 Å². The number of hydrogen-bond acceptors (Lipinski definition) is 5. The number of benzene rings is 1. The maximum atomic E-state index is 12.6. The van der Waals surface area contributed by atoms with E-state index in [9.17, 15) is 4.79 Å². The minimum atomic E-state index is -0.237. The van der Waals surface area contributed by atoms with Gasteiger partial charge in [-0.1, -0.05) is 0 Å². The molecular weight excluding hydrogens is 332 g/mol. The SMILES string of the molecule is CCOc1cc2c(cc1CNC(=O)c1cccnc1OCC)O[C@@H](C)C2. The van der Waals surface area contributed by atoms with Gasteiger partial charge in [-0.25, -0.2) is 4.98 Å². The summed E-state index contributed by atoms with van der Waals surface area (Å²) in [5, 5.41) is 2.92. The maximum absolute atomic E-state index is 12.6. The monoisotopic (exact) mass is 356 g/mol. The second-order valence-electron chi connectivity index (χ2n) is 6.11. The summed E-state index contributed by atoms with van der Waals surface area (Å²) in [4.78, 5) is 16.7. The molecule has 0 saturated carbocycles. The van der Waals surface area contributed by atoms with Crippen LogP contribution in [0.25, 0.3) is 0 Å². The van der Waals surface area contributed by atoms with Gasteiger partial charge in [0.25, 0.3) is 5.91 Å². The highest BCUT2D eigenvalue weighted by molar-refractivity contribution is 5.96. The maximum Gasteiger partial charge on any atom is 0.257 e. The fourth-order valence-corrected chi connectivity index (χ4v) is 3.00. The van der Waals surface area contributed by atoms with E-state index in [4.69, 9.17) is 14.2 Å². The fourth-order valence-electron chi connectivity index (χ4n) is 3.00. The lowest BCUT2D eigenvalue weighted by Crippen LogP contribution is -2.24. The Morgan fingerprint density at radius 3 is 2.88 bits per heavy atom. The number of nitrogens with one attached hydrogen (secondary N) is 1. The lowest BCUT2D eigenvalue weighted by Gasteiger charge is -2.14. The first-order valence-electron chi connectivity index (χ1n) is 8.93. The van der Waals surface area contributed by atoms with E-state index in [1.165, 1.54) is 0 Å². The Morgan fingerprint density at radius 2 is 2.12 bits per heavy atom. The van der Waals surface area contributed by atoms with Crippen LogP contribution in [-0.4, -0.2) is 30.2 Å². The highest BCUT2D eigenvalue weighted by Crippen LogP contribution is 2.35. The molecule has 0 bridgehead atoms. The number of pyridine rings is 1. The minimum absolute atomic E-state index is 0.161. The second-order valence-corrected chi connectivity index (χ2v) is 6.11. The molecule has 1 N–H and O–H groups in total. The Morgan fingerprint density at radius 1 is 1.31 bits per heavy atom. The third kappa shape index (κ3) is 3.90. The van der Waals surface area contributed by atoms with E-state index in [1.54, 1.807) is 18.3 Å². The van der Waals surface area contributed by atoms with E-state index in [2.05, 4.69) is 10.3 Å². The summed E-state index contributed by atoms with van der Waals surface area (Å²) in [7, 11) is 0. The largest absolute Gasteiger partial charge is 0.494 e. The number of amides is 1. The van der Waals surface area contributed by atoms with Crippen LogP contribution in [0, 0.1) is 0 Å². The zero-order chi connectivity index (χ0) is 18.5. The molecule has 138 valence electrons. The Bertz CT molecular complexity index is 791. The number of aromatic nitrogens is 1. The van der Waals surface area contributed by atoms with Crippen molar-refractivity contribution in [2.75, 3.05) is 13.2 Å². The van der Waals surface area contributed by atoms with Crippen molar-refractivity contribution in [3.8, 4) is 17.4 Å². The van der Waals surface area contributed by atoms with Gasteiger partial charge in [-0.15, -0.1) is 0 Å². The van der Waals surface area contributed by atoms with Gasteiger partial charge in [-0.2, -0.15) is 0 Å². The molecule has 26 heavy (non-hydrogen) atoms. The predicted molar refractivity (Wildman–Crippen MR) is 98.0 cm³/mol. The molecular formula is C20H24N2O4. The van der Waals surface area contributed by atoms with Crippen molar-refractivity contribution in [3.63, 3.8) is 0 Å². The molecule has 3 rings (SSSR count). The zero-order valence-electron chi connectivity index (χ0n) is 15.4. The van der Waals surface area contributed by atoms with Gasteiger partial charge >= 0.3 is 0 Å². The van der Waals surface area contributed by atoms with Crippen molar-refractivity contribution in [1.29, 1.82) is 0 Å². The Kier molecular flexibility index (Phi) is 5.61. The van der Waals surface area contributed by atoms with Crippen molar-refractivity contribution in [2.45, 2.75) is 39.8 Å². The molecule has 0 saturated heterocycles. The molecule has 0 spiro atoms. The number of rotatable bonds is 7. The average Bonchev–Trinajstić information content (AvgIpc) is 2.99. The summed E-state index contributed by atoms with van der Waals surface area (Å²) >= 11 is 0. The van der Waals surface area contributed by atoms with Crippen LogP contribution in [0.15, 0.2) is 30.5 Å². The number of fused-ring (bicyclic) bond motifs is 1. The van der Waals surface area contributed by atoms with Crippen molar-refractivity contribution in [1.82, 2.24) is 10.3 Å². The van der Waals surface area contributed by atoms with Gasteiger partial charge in [0.1, 0.15) is 23.2 Å². The molecule has 2 aromatic rings. The Hall–Kier alpha value is -2.76. The fraction of sp³-hybridized carbons (Fsp3) is 0.400. The third-order valence-corrected chi connectivity index (χ3v) is 4.12. The number of carbonyl (C=O) groups is 1. The van der Waals surface area contributed by atoms with Gasteiger partial charge in [0.15, 0.2) is 0 Å². The van der Waals surface area contributed by atoms with E-state index < -0.39 is 0 Å². The van der Waals surface area contributed by atoms with E-state index in [0.29, 0.717) is 31.2 Å². The van der Waals surface area contributed by atoms with Crippen LogP contribution in [0.3, 0.4) is 0 Å². The molecule has 0 aliphatic carbocycles. The lowest BCUT2D eigenvalue weighted by molar-refractivity contribution is 0.0946. The third-order valence-electron chi connectivity index (χ3n) is 4.12. The molecule has 2 heterocycles. The first-order valence-corrected chi connectivity index (χ1v) is 8.93. The summed E-state index contributed by atoms with van der Waals surface area (Å²) in [5.41, 5.74) is 2.44. The van der Waals surface area contributed by atoms with Crippen LogP contribution < -0.4 is 19.5 Å². The van der Waals surface area contributed by atoms with E-state index in [1.807, 2.05) is 32.9 Å². The van der Waals surface area contributed by atoms with Crippen LogP contribution in [0.2, 0.25) is 0 Å². The minimum Gasteiger partial charge on any atom is -0.494 e. The van der Waals surface area contributed by atoms with Crippen LogP contribution in [0.1, 0.15) is 42.3 Å². The normalized spacial score (nSPS) is 15.1. The van der Waals surface area contributed by atoms with Crippen LogP contribution in [-0.2, 0) is 13.0 Å². The summed E-state index contributed by atoms with van der Waals surface area (Å²) < 4.78 is 17.0. The quantitative estimate of drug-likeness (QED) is 0.825. The van der Waals surface area contributed by atoms with Crippen molar-refractivity contribution in [2.24, 2.45) is 0 Å². The smallest absolute Gasteiger partial charge is 0.257 e. The standard InChI is InChI=1S/C20H24N2O4/c1-4-24-17-10-14-9-13(3)26-18(14)11-15(17)12-22-19(23)16-7-6-8-21-20(16)25-5-2/h6-8,10-11,13H,4-5,9,12H2,1-3H3,(H,22,23)/t13-/m0/s1. The Balaban J connectivity index is 1.77.